The van der Waals surface area contributed by atoms with Gasteiger partial charge in [0.05, 0.1) is 33.0 Å². The summed E-state index contributed by atoms with van der Waals surface area (Å²) in [6.07, 6.45) is 0. The third-order valence-electron chi connectivity index (χ3n) is 3.04. The molecule has 1 amide bonds. The zero-order chi connectivity index (χ0) is 16.0. The molecule has 6 heteroatoms. The summed E-state index contributed by atoms with van der Waals surface area (Å²) in [5, 5.41) is 11.7. The average Bonchev–Trinajstić information content (AvgIpc) is 2.50. The molecule has 6 nitrogen and oxygen atoms in total. The molecule has 114 valence electrons. The molecule has 1 N–H and O–H groups in total. The Balaban J connectivity index is 3.16. The van der Waals surface area contributed by atoms with Gasteiger partial charge < -0.3 is 19.5 Å². The van der Waals surface area contributed by atoms with E-state index < -0.39 is 11.9 Å². The van der Waals surface area contributed by atoms with E-state index in [1.165, 1.54) is 27.4 Å². The second-order valence-corrected chi connectivity index (χ2v) is 4.73. The van der Waals surface area contributed by atoms with Gasteiger partial charge in [-0.3, -0.25) is 4.79 Å². The van der Waals surface area contributed by atoms with Gasteiger partial charge in [-0.1, -0.05) is 13.8 Å². The summed E-state index contributed by atoms with van der Waals surface area (Å²) in [7, 11) is 4.45. The monoisotopic (exact) mass is 292 g/mol. The molecule has 0 aliphatic rings. The van der Waals surface area contributed by atoms with Crippen molar-refractivity contribution in [3.8, 4) is 23.3 Å². The predicted molar refractivity (Wildman–Crippen MR) is 77.8 cm³/mol. The Morgan fingerprint density at radius 1 is 1.10 bits per heavy atom. The molecule has 0 saturated heterocycles. The van der Waals surface area contributed by atoms with Gasteiger partial charge in [0.25, 0.3) is 5.91 Å². The number of rotatable bonds is 6. The molecule has 0 aliphatic carbocycles. The summed E-state index contributed by atoms with van der Waals surface area (Å²) >= 11 is 0. The van der Waals surface area contributed by atoms with Crippen LogP contribution >= 0.6 is 0 Å². The fourth-order valence-electron chi connectivity index (χ4n) is 1.77. The number of nitriles is 1. The van der Waals surface area contributed by atoms with E-state index in [4.69, 9.17) is 19.5 Å². The molecule has 1 atom stereocenters. The quantitative estimate of drug-likeness (QED) is 0.867. The molecule has 0 aliphatic heterocycles. The lowest BCUT2D eigenvalue weighted by Gasteiger charge is -2.17. The second-order valence-electron chi connectivity index (χ2n) is 4.73. The Labute approximate surface area is 124 Å². The maximum Gasteiger partial charge on any atom is 0.256 e. The van der Waals surface area contributed by atoms with Crippen LogP contribution in [0.15, 0.2) is 12.1 Å². The van der Waals surface area contributed by atoms with Gasteiger partial charge in [-0.05, 0) is 5.92 Å². The number of benzene rings is 1. The molecule has 1 unspecified atom stereocenters. The Morgan fingerprint density at radius 2 is 1.62 bits per heavy atom. The molecule has 1 aromatic rings. The number of carbonyl (C=O) groups is 1. The third-order valence-corrected chi connectivity index (χ3v) is 3.04. The summed E-state index contributed by atoms with van der Waals surface area (Å²) in [4.78, 5) is 12.3. The number of nitrogens with one attached hydrogen (secondary N) is 1. The molecule has 1 rings (SSSR count). The highest BCUT2D eigenvalue weighted by molar-refractivity contribution is 5.98. The standard InChI is InChI=1S/C15H20N2O4/c1-9(2)11(8-16)17-15(18)10-6-13(20-4)14(21-5)7-12(10)19-3/h6-7,9,11H,1-5H3,(H,17,18). The minimum atomic E-state index is -0.574. The van der Waals surface area contributed by atoms with Crippen molar-refractivity contribution < 1.29 is 19.0 Å². The van der Waals surface area contributed by atoms with Crippen molar-refractivity contribution in [1.29, 1.82) is 5.26 Å². The number of ether oxygens (including phenoxy) is 3. The topological polar surface area (TPSA) is 80.6 Å². The first-order chi connectivity index (χ1) is 9.98. The van der Waals surface area contributed by atoms with Gasteiger partial charge in [-0.25, -0.2) is 0 Å². The number of methoxy groups -OCH3 is 3. The Morgan fingerprint density at radius 3 is 2.05 bits per heavy atom. The summed E-state index contributed by atoms with van der Waals surface area (Å²) in [6, 6.07) is 4.59. The molecule has 21 heavy (non-hydrogen) atoms. The van der Waals surface area contributed by atoms with Crippen LogP contribution in [-0.4, -0.2) is 33.3 Å². The number of nitrogens with zero attached hydrogens (tertiary/aromatic N) is 1. The number of carbonyl (C=O) groups excluding carboxylic acids is 1. The van der Waals surface area contributed by atoms with Crippen LogP contribution < -0.4 is 19.5 Å². The lowest BCUT2D eigenvalue weighted by atomic mass is 10.0. The van der Waals surface area contributed by atoms with E-state index in [0.717, 1.165) is 0 Å². The van der Waals surface area contributed by atoms with E-state index in [-0.39, 0.29) is 11.5 Å². The first-order valence-electron chi connectivity index (χ1n) is 6.48. The van der Waals surface area contributed by atoms with E-state index in [2.05, 4.69) is 11.4 Å². The van der Waals surface area contributed by atoms with Crippen molar-refractivity contribution in [2.24, 2.45) is 5.92 Å². The summed E-state index contributed by atoms with van der Waals surface area (Å²) in [5.41, 5.74) is 0.288. The van der Waals surface area contributed by atoms with Crippen LogP contribution in [0, 0.1) is 17.2 Å². The molecule has 0 fully saturated rings. The molecule has 0 spiro atoms. The third kappa shape index (κ3) is 3.78. The van der Waals surface area contributed by atoms with E-state index in [9.17, 15) is 4.79 Å². The number of hydrogen-bond acceptors (Lipinski definition) is 5. The molecule has 0 saturated carbocycles. The number of hydrogen-bond donors (Lipinski definition) is 1. The Hall–Kier alpha value is -2.42. The summed E-state index contributed by atoms with van der Waals surface area (Å²) < 4.78 is 15.5. The molecule has 0 aromatic heterocycles. The van der Waals surface area contributed by atoms with Crippen molar-refractivity contribution >= 4 is 5.91 Å². The fourth-order valence-corrected chi connectivity index (χ4v) is 1.77. The minimum absolute atomic E-state index is 0.00471. The van der Waals surface area contributed by atoms with Crippen molar-refractivity contribution in [3.63, 3.8) is 0 Å². The van der Waals surface area contributed by atoms with Crippen molar-refractivity contribution in [2.45, 2.75) is 19.9 Å². The Bertz CT molecular complexity index is 549. The van der Waals surface area contributed by atoms with E-state index >= 15 is 0 Å². The molecule has 1 aromatic carbocycles. The first-order valence-corrected chi connectivity index (χ1v) is 6.48. The summed E-state index contributed by atoms with van der Waals surface area (Å²) in [5.74, 6) is 0.844. The van der Waals surface area contributed by atoms with Crippen LogP contribution in [-0.2, 0) is 0 Å². The van der Waals surface area contributed by atoms with Crippen LogP contribution in [0.1, 0.15) is 24.2 Å². The van der Waals surface area contributed by atoms with E-state index in [0.29, 0.717) is 17.2 Å². The molecular weight excluding hydrogens is 272 g/mol. The van der Waals surface area contributed by atoms with Crippen LogP contribution in [0.3, 0.4) is 0 Å². The zero-order valence-corrected chi connectivity index (χ0v) is 12.9. The Kier molecular flexibility index (Phi) is 5.85. The van der Waals surface area contributed by atoms with E-state index in [1.807, 2.05) is 13.8 Å². The second kappa shape index (κ2) is 7.39. The van der Waals surface area contributed by atoms with Crippen LogP contribution in [0.25, 0.3) is 0 Å². The highest BCUT2D eigenvalue weighted by Gasteiger charge is 2.21. The van der Waals surface area contributed by atoms with Crippen LogP contribution in [0.2, 0.25) is 0 Å². The maximum atomic E-state index is 12.3. The SMILES string of the molecule is COc1cc(OC)c(C(=O)NC(C#N)C(C)C)cc1OC. The molecule has 0 heterocycles. The summed E-state index contributed by atoms with van der Waals surface area (Å²) in [6.45, 7) is 3.72. The molecule has 0 radical (unpaired) electrons. The maximum absolute atomic E-state index is 12.3. The molecular formula is C15H20N2O4. The van der Waals surface area contributed by atoms with Gasteiger partial charge in [0, 0.05) is 12.1 Å². The van der Waals surface area contributed by atoms with Crippen LogP contribution in [0.4, 0.5) is 0 Å². The minimum Gasteiger partial charge on any atom is -0.496 e. The van der Waals surface area contributed by atoms with Gasteiger partial charge in [0.15, 0.2) is 11.5 Å². The highest BCUT2D eigenvalue weighted by Crippen LogP contribution is 2.34. The number of amides is 1. The van der Waals surface area contributed by atoms with Gasteiger partial charge in [0.1, 0.15) is 11.8 Å². The lowest BCUT2D eigenvalue weighted by Crippen LogP contribution is -2.37. The predicted octanol–water partition coefficient (Wildman–Crippen LogP) is 1.99. The smallest absolute Gasteiger partial charge is 0.256 e. The average molecular weight is 292 g/mol. The normalized spacial score (nSPS) is 11.5. The van der Waals surface area contributed by atoms with Crippen LogP contribution in [0.5, 0.6) is 17.2 Å². The lowest BCUT2D eigenvalue weighted by molar-refractivity contribution is 0.0934. The van der Waals surface area contributed by atoms with Gasteiger partial charge >= 0.3 is 0 Å². The zero-order valence-electron chi connectivity index (χ0n) is 12.9. The highest BCUT2D eigenvalue weighted by atomic mass is 16.5. The van der Waals surface area contributed by atoms with E-state index in [1.54, 1.807) is 6.07 Å². The molecule has 0 bridgehead atoms. The largest absolute Gasteiger partial charge is 0.496 e. The fraction of sp³-hybridized carbons (Fsp3) is 0.467. The van der Waals surface area contributed by atoms with Crippen molar-refractivity contribution in [1.82, 2.24) is 5.32 Å². The van der Waals surface area contributed by atoms with Crippen molar-refractivity contribution in [3.05, 3.63) is 17.7 Å². The van der Waals surface area contributed by atoms with Gasteiger partial charge in [-0.2, -0.15) is 5.26 Å². The van der Waals surface area contributed by atoms with Crippen molar-refractivity contribution in [2.75, 3.05) is 21.3 Å². The van der Waals surface area contributed by atoms with Gasteiger partial charge in [-0.15, -0.1) is 0 Å². The van der Waals surface area contributed by atoms with Gasteiger partial charge in [0.2, 0.25) is 0 Å². The first kappa shape index (κ1) is 16.6.